The maximum atomic E-state index is 12.2. The third-order valence-electron chi connectivity index (χ3n) is 7.26. The number of aryl methyl sites for hydroxylation is 1. The fraction of sp³-hybridized carbons (Fsp3) is 0.464. The number of nitrogens with zero attached hydrogens (tertiary/aromatic N) is 3. The van der Waals surface area contributed by atoms with E-state index in [-0.39, 0.29) is 37.6 Å². The molecule has 37 heavy (non-hydrogen) atoms. The minimum atomic E-state index is -0.832. The summed E-state index contributed by atoms with van der Waals surface area (Å²) in [5.41, 5.74) is 2.97. The van der Waals surface area contributed by atoms with Gasteiger partial charge in [-0.25, -0.2) is 4.79 Å². The van der Waals surface area contributed by atoms with Crippen LogP contribution in [0.3, 0.4) is 0 Å². The number of ether oxygens (including phenoxy) is 1. The highest BCUT2D eigenvalue weighted by Crippen LogP contribution is 2.36. The Morgan fingerprint density at radius 3 is 2.54 bits per heavy atom. The van der Waals surface area contributed by atoms with E-state index in [1.165, 1.54) is 9.80 Å². The number of carbonyl (C=O) groups excluding carboxylic acids is 2. The molecule has 1 unspecified atom stereocenters. The molecule has 2 aliphatic rings. The van der Waals surface area contributed by atoms with Crippen LogP contribution >= 0.6 is 11.6 Å². The van der Waals surface area contributed by atoms with E-state index >= 15 is 0 Å². The number of hydrogen-bond acceptors (Lipinski definition) is 5. The molecule has 0 aromatic heterocycles. The summed E-state index contributed by atoms with van der Waals surface area (Å²) in [5, 5.41) is 10.3. The Balaban J connectivity index is 1.45. The monoisotopic (exact) mass is 527 g/mol. The molecule has 9 heteroatoms. The molecule has 2 fully saturated rings. The molecule has 1 saturated carbocycles. The third kappa shape index (κ3) is 6.62. The summed E-state index contributed by atoms with van der Waals surface area (Å²) in [6, 6.07) is 13.2. The highest BCUT2D eigenvalue weighted by molar-refractivity contribution is 6.30. The minimum absolute atomic E-state index is 0.0153. The summed E-state index contributed by atoms with van der Waals surface area (Å²) in [6.07, 6.45) is 3.58. The van der Waals surface area contributed by atoms with Gasteiger partial charge in [0.05, 0.1) is 13.0 Å². The van der Waals surface area contributed by atoms with E-state index in [0.29, 0.717) is 36.3 Å². The number of imide groups is 1. The number of carboxylic acid groups (broad SMARTS) is 1. The molecule has 1 atom stereocenters. The van der Waals surface area contributed by atoms with Crippen molar-refractivity contribution in [1.82, 2.24) is 14.7 Å². The topological polar surface area (TPSA) is 90.4 Å². The van der Waals surface area contributed by atoms with Crippen LogP contribution in [0.4, 0.5) is 4.79 Å². The molecule has 2 aromatic rings. The van der Waals surface area contributed by atoms with Crippen molar-refractivity contribution in [2.75, 3.05) is 26.7 Å². The standard InChI is InChI=1S/C28H34ClN3O5/c1-19-16-20(6-11-25(19)37-15-14-31-26(33)12-13-30(2)28(31)36)18-32(23-4-3-5-23)24(17-27(34)35)21-7-9-22(29)10-8-21/h6-11,16,23-24H,3-5,12-15,17-18H2,1-2H3,(H,34,35). The smallest absolute Gasteiger partial charge is 0.326 e. The van der Waals surface area contributed by atoms with Crippen LogP contribution in [0.2, 0.25) is 5.02 Å². The van der Waals surface area contributed by atoms with E-state index in [2.05, 4.69) is 11.0 Å². The number of amides is 3. The Bertz CT molecular complexity index is 1140. The van der Waals surface area contributed by atoms with Crippen LogP contribution in [0, 0.1) is 6.92 Å². The maximum Gasteiger partial charge on any atom is 0.326 e. The summed E-state index contributed by atoms with van der Waals surface area (Å²) in [4.78, 5) is 41.2. The number of rotatable bonds is 11. The second-order valence-corrected chi connectivity index (χ2v) is 10.3. The molecule has 1 N–H and O–H groups in total. The van der Waals surface area contributed by atoms with Crippen molar-refractivity contribution in [3.05, 3.63) is 64.2 Å². The average Bonchev–Trinajstić information content (AvgIpc) is 2.82. The quantitative estimate of drug-likeness (QED) is 0.448. The van der Waals surface area contributed by atoms with Crippen molar-refractivity contribution >= 4 is 29.5 Å². The van der Waals surface area contributed by atoms with E-state index in [0.717, 1.165) is 36.0 Å². The molecule has 4 rings (SSSR count). The lowest BCUT2D eigenvalue weighted by Crippen LogP contribution is -2.51. The van der Waals surface area contributed by atoms with Crippen molar-refractivity contribution < 1.29 is 24.2 Å². The zero-order valence-corrected chi connectivity index (χ0v) is 22.1. The second kappa shape index (κ2) is 12.0. The number of hydrogen-bond donors (Lipinski definition) is 1. The number of urea groups is 1. The first kappa shape index (κ1) is 26.9. The van der Waals surface area contributed by atoms with Gasteiger partial charge in [0, 0.05) is 43.7 Å². The Kier molecular flexibility index (Phi) is 8.71. The number of carbonyl (C=O) groups is 3. The molecule has 198 valence electrons. The van der Waals surface area contributed by atoms with Crippen LogP contribution in [-0.4, -0.2) is 70.5 Å². The van der Waals surface area contributed by atoms with Crippen LogP contribution in [0.5, 0.6) is 5.75 Å². The predicted octanol–water partition coefficient (Wildman–Crippen LogP) is 4.88. The van der Waals surface area contributed by atoms with Gasteiger partial charge in [-0.2, -0.15) is 0 Å². The average molecular weight is 528 g/mol. The largest absolute Gasteiger partial charge is 0.491 e. The van der Waals surface area contributed by atoms with Crippen molar-refractivity contribution in [3.63, 3.8) is 0 Å². The van der Waals surface area contributed by atoms with Gasteiger partial charge in [-0.05, 0) is 54.7 Å². The fourth-order valence-corrected chi connectivity index (χ4v) is 5.07. The van der Waals surface area contributed by atoms with Crippen LogP contribution in [0.1, 0.15) is 54.8 Å². The van der Waals surface area contributed by atoms with Crippen molar-refractivity contribution in [2.24, 2.45) is 0 Å². The third-order valence-corrected chi connectivity index (χ3v) is 7.52. The molecule has 0 radical (unpaired) electrons. The van der Waals surface area contributed by atoms with E-state index in [9.17, 15) is 19.5 Å². The highest BCUT2D eigenvalue weighted by atomic mass is 35.5. The molecule has 1 saturated heterocycles. The van der Waals surface area contributed by atoms with Crippen LogP contribution in [0.25, 0.3) is 0 Å². The zero-order valence-electron chi connectivity index (χ0n) is 21.4. The molecule has 0 bridgehead atoms. The molecule has 1 aliphatic carbocycles. The number of halogens is 1. The van der Waals surface area contributed by atoms with Gasteiger partial charge < -0.3 is 14.7 Å². The molecule has 1 heterocycles. The van der Waals surface area contributed by atoms with Crippen LogP contribution in [-0.2, 0) is 16.1 Å². The van der Waals surface area contributed by atoms with E-state index in [1.807, 2.05) is 43.3 Å². The van der Waals surface area contributed by atoms with Crippen molar-refractivity contribution in [3.8, 4) is 5.75 Å². The first-order valence-corrected chi connectivity index (χ1v) is 13.1. The van der Waals surface area contributed by atoms with Gasteiger partial charge >= 0.3 is 12.0 Å². The Labute approximate surface area is 222 Å². The van der Waals surface area contributed by atoms with Gasteiger partial charge in [-0.3, -0.25) is 19.4 Å². The summed E-state index contributed by atoms with van der Waals surface area (Å²) >= 11 is 6.09. The molecule has 2 aromatic carbocycles. The van der Waals surface area contributed by atoms with Crippen LogP contribution < -0.4 is 4.74 Å². The van der Waals surface area contributed by atoms with E-state index in [4.69, 9.17) is 16.3 Å². The highest BCUT2D eigenvalue weighted by Gasteiger charge is 2.33. The fourth-order valence-electron chi connectivity index (χ4n) is 4.95. The molecular formula is C28H34ClN3O5. The van der Waals surface area contributed by atoms with Gasteiger partial charge in [0.2, 0.25) is 5.91 Å². The summed E-state index contributed by atoms with van der Waals surface area (Å²) in [5.74, 6) is -0.309. The normalized spacial score (nSPS) is 17.2. The molecule has 1 aliphatic heterocycles. The minimum Gasteiger partial charge on any atom is -0.491 e. The zero-order chi connectivity index (χ0) is 26.5. The lowest BCUT2D eigenvalue weighted by atomic mass is 9.87. The lowest BCUT2D eigenvalue weighted by Gasteiger charge is -2.42. The Morgan fingerprint density at radius 2 is 1.92 bits per heavy atom. The van der Waals surface area contributed by atoms with E-state index in [1.54, 1.807) is 7.05 Å². The lowest BCUT2D eigenvalue weighted by molar-refractivity contribution is -0.139. The van der Waals surface area contributed by atoms with Gasteiger partial charge in [-0.1, -0.05) is 42.3 Å². The van der Waals surface area contributed by atoms with Crippen LogP contribution in [0.15, 0.2) is 42.5 Å². The molecule has 0 spiro atoms. The predicted molar refractivity (Wildman–Crippen MR) is 141 cm³/mol. The van der Waals surface area contributed by atoms with Gasteiger partial charge in [0.1, 0.15) is 12.4 Å². The molecular weight excluding hydrogens is 494 g/mol. The summed E-state index contributed by atoms with van der Waals surface area (Å²) in [7, 11) is 1.69. The summed E-state index contributed by atoms with van der Waals surface area (Å²) in [6.45, 7) is 3.45. The van der Waals surface area contributed by atoms with Gasteiger partial charge in [0.15, 0.2) is 0 Å². The number of benzene rings is 2. The van der Waals surface area contributed by atoms with Crippen molar-refractivity contribution in [1.29, 1.82) is 0 Å². The summed E-state index contributed by atoms with van der Waals surface area (Å²) < 4.78 is 5.92. The first-order valence-electron chi connectivity index (χ1n) is 12.7. The first-order chi connectivity index (χ1) is 17.7. The maximum absolute atomic E-state index is 12.2. The SMILES string of the molecule is Cc1cc(CN(C2CCC2)C(CC(=O)O)c2ccc(Cl)cc2)ccc1OCCN1C(=O)CCN(C)C1=O. The van der Waals surface area contributed by atoms with Crippen molar-refractivity contribution in [2.45, 2.75) is 57.7 Å². The van der Waals surface area contributed by atoms with E-state index < -0.39 is 5.97 Å². The second-order valence-electron chi connectivity index (χ2n) is 9.87. The number of carboxylic acids is 1. The number of aliphatic carboxylic acids is 1. The Hall–Kier alpha value is -3.10. The Morgan fingerprint density at radius 1 is 1.19 bits per heavy atom. The van der Waals surface area contributed by atoms with Gasteiger partial charge in [0.25, 0.3) is 0 Å². The molecule has 8 nitrogen and oxygen atoms in total. The molecule has 3 amide bonds. The van der Waals surface area contributed by atoms with Gasteiger partial charge in [-0.15, -0.1) is 0 Å².